The number of hydrogen-bond donors (Lipinski definition) is 0. The lowest BCUT2D eigenvalue weighted by Crippen LogP contribution is -2.37. The molecule has 0 aliphatic heterocycles. The smallest absolute Gasteiger partial charge is 0.398 e. The van der Waals surface area contributed by atoms with Crippen molar-refractivity contribution in [3.8, 4) is 11.4 Å². The van der Waals surface area contributed by atoms with E-state index in [4.69, 9.17) is 4.52 Å². The summed E-state index contributed by atoms with van der Waals surface area (Å²) in [6.07, 6.45) is -2.01. The Morgan fingerprint density at radius 3 is 2.45 bits per heavy atom. The Labute approximate surface area is 186 Å². The fourth-order valence-electron chi connectivity index (χ4n) is 3.74. The molecule has 170 valence electrons. The molecule has 0 bridgehead atoms. The fraction of sp³-hybridized carbons (Fsp3) is 0.208. The summed E-state index contributed by atoms with van der Waals surface area (Å²) in [4.78, 5) is 15.7. The molecule has 5 nitrogen and oxygen atoms in total. The molecule has 1 atom stereocenters. The van der Waals surface area contributed by atoms with Gasteiger partial charge in [0.2, 0.25) is 5.82 Å². The number of benzene rings is 2. The number of nitrogens with zero attached hydrogens (tertiary/aromatic N) is 2. The van der Waals surface area contributed by atoms with Gasteiger partial charge in [0.15, 0.2) is 0 Å². The van der Waals surface area contributed by atoms with E-state index >= 15 is 0 Å². The lowest BCUT2D eigenvalue weighted by molar-refractivity contribution is -0.194. The SMILES string of the molecule is COC(=O)c1ccc(-c2noc(C3=CC=C(c4ccccc4)C(C)(C(F)(F)F)C3)n2)cc1F. The minimum absolute atomic E-state index is 0.0206. The number of rotatable bonds is 4. The van der Waals surface area contributed by atoms with E-state index in [2.05, 4.69) is 14.9 Å². The summed E-state index contributed by atoms with van der Waals surface area (Å²) in [5.41, 5.74) is -1.42. The van der Waals surface area contributed by atoms with Crippen LogP contribution in [0, 0.1) is 11.2 Å². The summed E-state index contributed by atoms with van der Waals surface area (Å²) in [5, 5.41) is 3.77. The summed E-state index contributed by atoms with van der Waals surface area (Å²) in [6.45, 7) is 1.14. The van der Waals surface area contributed by atoms with Gasteiger partial charge in [-0.25, -0.2) is 9.18 Å². The zero-order valence-corrected chi connectivity index (χ0v) is 17.6. The molecule has 1 heterocycles. The van der Waals surface area contributed by atoms with Gasteiger partial charge in [-0.3, -0.25) is 0 Å². The molecule has 4 rings (SSSR count). The first-order valence-corrected chi connectivity index (χ1v) is 9.90. The third-order valence-corrected chi connectivity index (χ3v) is 5.63. The highest BCUT2D eigenvalue weighted by atomic mass is 19.4. The Morgan fingerprint density at radius 1 is 1.09 bits per heavy atom. The van der Waals surface area contributed by atoms with Crippen LogP contribution in [0.1, 0.15) is 35.2 Å². The van der Waals surface area contributed by atoms with Gasteiger partial charge in [-0.05, 0) is 42.7 Å². The van der Waals surface area contributed by atoms with Gasteiger partial charge in [0.25, 0.3) is 5.89 Å². The summed E-state index contributed by atoms with van der Waals surface area (Å²) in [7, 11) is 1.13. The highest BCUT2D eigenvalue weighted by Gasteiger charge is 2.55. The third-order valence-electron chi connectivity index (χ3n) is 5.63. The summed E-state index contributed by atoms with van der Waals surface area (Å²) in [5.74, 6) is -1.80. The standard InChI is InChI=1S/C24H18F4N2O3/c1-23(24(26,27)28)13-16(9-11-18(23)14-6-4-3-5-7-14)21-29-20(30-33-21)15-8-10-17(19(25)12-15)22(31)32-2/h3-12H,13H2,1-2H3. The number of allylic oxidation sites excluding steroid dienone is 4. The second kappa shape index (κ2) is 8.31. The van der Waals surface area contributed by atoms with Crippen molar-refractivity contribution in [3.05, 3.63) is 83.5 Å². The van der Waals surface area contributed by atoms with Gasteiger partial charge in [-0.2, -0.15) is 18.2 Å². The van der Waals surface area contributed by atoms with Gasteiger partial charge in [0.1, 0.15) is 5.82 Å². The van der Waals surface area contributed by atoms with Crippen molar-refractivity contribution < 1.29 is 31.6 Å². The predicted octanol–water partition coefficient (Wildman–Crippen LogP) is 6.10. The minimum Gasteiger partial charge on any atom is -0.465 e. The van der Waals surface area contributed by atoms with Crippen LogP contribution in [-0.2, 0) is 4.74 Å². The van der Waals surface area contributed by atoms with Gasteiger partial charge in [0.05, 0.1) is 18.1 Å². The van der Waals surface area contributed by atoms with Crippen LogP contribution in [0.5, 0.6) is 0 Å². The zero-order chi connectivity index (χ0) is 23.8. The molecule has 9 heteroatoms. The molecular weight excluding hydrogens is 440 g/mol. The van der Waals surface area contributed by atoms with Crippen LogP contribution in [0.3, 0.4) is 0 Å². The van der Waals surface area contributed by atoms with E-state index in [0.29, 0.717) is 5.56 Å². The largest absolute Gasteiger partial charge is 0.465 e. The summed E-state index contributed by atoms with van der Waals surface area (Å²) in [6, 6.07) is 12.0. The van der Waals surface area contributed by atoms with Gasteiger partial charge in [0, 0.05) is 11.1 Å². The average molecular weight is 458 g/mol. The molecule has 0 N–H and O–H groups in total. The number of alkyl halides is 3. The molecule has 0 radical (unpaired) electrons. The normalized spacial score (nSPS) is 18.5. The number of methoxy groups -OCH3 is 1. The maximum Gasteiger partial charge on any atom is 0.398 e. The Morgan fingerprint density at radius 2 is 1.82 bits per heavy atom. The quantitative estimate of drug-likeness (QED) is 0.349. The third kappa shape index (κ3) is 4.06. The molecule has 1 aliphatic carbocycles. The summed E-state index contributed by atoms with van der Waals surface area (Å²) < 4.78 is 66.5. The number of aromatic nitrogens is 2. The molecule has 3 aromatic rings. The van der Waals surface area contributed by atoms with Gasteiger partial charge in [-0.15, -0.1) is 0 Å². The second-order valence-electron chi connectivity index (χ2n) is 7.75. The number of carbonyl (C=O) groups excluding carboxylic acids is 1. The van der Waals surface area contributed by atoms with Gasteiger partial charge < -0.3 is 9.26 Å². The molecule has 1 aliphatic rings. The van der Waals surface area contributed by atoms with E-state index in [1.54, 1.807) is 30.3 Å². The first-order chi connectivity index (χ1) is 15.6. The molecule has 0 fully saturated rings. The van der Waals surface area contributed by atoms with E-state index < -0.39 is 29.8 Å². The van der Waals surface area contributed by atoms with Crippen LogP contribution in [0.15, 0.2) is 65.2 Å². The van der Waals surface area contributed by atoms with E-state index in [-0.39, 0.29) is 34.0 Å². The Kier molecular flexibility index (Phi) is 5.65. The van der Waals surface area contributed by atoms with Crippen LogP contribution in [-0.4, -0.2) is 29.4 Å². The maximum atomic E-state index is 14.2. The molecule has 1 aromatic heterocycles. The predicted molar refractivity (Wildman–Crippen MR) is 112 cm³/mol. The summed E-state index contributed by atoms with van der Waals surface area (Å²) >= 11 is 0. The number of hydrogen-bond acceptors (Lipinski definition) is 5. The minimum atomic E-state index is -4.54. The van der Waals surface area contributed by atoms with Crippen LogP contribution in [0.2, 0.25) is 0 Å². The highest BCUT2D eigenvalue weighted by Crippen LogP contribution is 2.54. The van der Waals surface area contributed by atoms with E-state index in [1.807, 2.05) is 0 Å². The molecule has 0 saturated carbocycles. The second-order valence-corrected chi connectivity index (χ2v) is 7.75. The van der Waals surface area contributed by atoms with Crippen LogP contribution >= 0.6 is 0 Å². The van der Waals surface area contributed by atoms with Crippen LogP contribution < -0.4 is 0 Å². The first kappa shape index (κ1) is 22.4. The molecule has 1 unspecified atom stereocenters. The Balaban J connectivity index is 1.70. The van der Waals surface area contributed by atoms with E-state index in [1.165, 1.54) is 24.3 Å². The van der Waals surface area contributed by atoms with Crippen molar-refractivity contribution in [1.82, 2.24) is 10.1 Å². The molecule has 0 saturated heterocycles. The number of carbonyl (C=O) groups is 1. The Hall–Kier alpha value is -3.75. The monoisotopic (exact) mass is 458 g/mol. The molecular formula is C24H18F4N2O3. The number of esters is 1. The lowest BCUT2D eigenvalue weighted by Gasteiger charge is -2.37. The van der Waals surface area contributed by atoms with Crippen molar-refractivity contribution in [1.29, 1.82) is 0 Å². The maximum absolute atomic E-state index is 14.2. The van der Waals surface area contributed by atoms with Crippen molar-refractivity contribution in [2.24, 2.45) is 5.41 Å². The number of halogens is 4. The fourth-order valence-corrected chi connectivity index (χ4v) is 3.74. The van der Waals surface area contributed by atoms with Crippen LogP contribution in [0.25, 0.3) is 22.5 Å². The molecule has 2 aromatic carbocycles. The number of ether oxygens (including phenoxy) is 1. The molecule has 0 amide bonds. The molecule has 0 spiro atoms. The lowest BCUT2D eigenvalue weighted by atomic mass is 9.70. The van der Waals surface area contributed by atoms with Gasteiger partial charge >= 0.3 is 12.1 Å². The topological polar surface area (TPSA) is 65.2 Å². The van der Waals surface area contributed by atoms with Crippen molar-refractivity contribution in [3.63, 3.8) is 0 Å². The van der Waals surface area contributed by atoms with Gasteiger partial charge in [-0.1, -0.05) is 47.6 Å². The van der Waals surface area contributed by atoms with E-state index in [0.717, 1.165) is 20.1 Å². The van der Waals surface area contributed by atoms with Crippen molar-refractivity contribution in [2.45, 2.75) is 19.5 Å². The Bertz CT molecular complexity index is 1260. The first-order valence-electron chi connectivity index (χ1n) is 9.90. The van der Waals surface area contributed by atoms with E-state index in [9.17, 15) is 22.4 Å². The highest BCUT2D eigenvalue weighted by molar-refractivity contribution is 5.90. The van der Waals surface area contributed by atoms with Crippen LogP contribution in [0.4, 0.5) is 17.6 Å². The molecule has 33 heavy (non-hydrogen) atoms. The van der Waals surface area contributed by atoms with Crippen molar-refractivity contribution in [2.75, 3.05) is 7.11 Å². The average Bonchev–Trinajstić information content (AvgIpc) is 3.29. The van der Waals surface area contributed by atoms with Crippen molar-refractivity contribution >= 4 is 17.1 Å². The zero-order valence-electron chi connectivity index (χ0n) is 17.6.